The normalized spacial score (nSPS) is 13.7. The van der Waals surface area contributed by atoms with Gasteiger partial charge in [0.2, 0.25) is 11.8 Å². The Morgan fingerprint density at radius 2 is 1.65 bits per heavy atom. The van der Waals surface area contributed by atoms with Crippen LogP contribution >= 0.6 is 0 Å². The number of carbonyl (C=O) groups excluding carboxylic acids is 2. The van der Waals surface area contributed by atoms with Crippen LogP contribution in [0.5, 0.6) is 11.5 Å². The molecule has 1 aliphatic heterocycles. The number of rotatable bonds is 5. The van der Waals surface area contributed by atoms with Gasteiger partial charge < -0.3 is 14.8 Å². The van der Waals surface area contributed by atoms with E-state index in [1.165, 1.54) is 6.07 Å². The Morgan fingerprint density at radius 1 is 1.04 bits per heavy atom. The van der Waals surface area contributed by atoms with Crippen molar-refractivity contribution >= 4 is 24.4 Å². The number of benzene rings is 2. The zero-order valence-corrected chi connectivity index (χ0v) is 13.8. The predicted molar refractivity (Wildman–Crippen MR) is 92.3 cm³/mol. The van der Waals surface area contributed by atoms with Gasteiger partial charge in [-0.05, 0) is 47.4 Å². The van der Waals surface area contributed by atoms with Gasteiger partial charge in [0, 0.05) is 12.8 Å². The van der Waals surface area contributed by atoms with Gasteiger partial charge in [-0.3, -0.25) is 14.5 Å². The van der Waals surface area contributed by atoms with Crippen LogP contribution in [0.3, 0.4) is 0 Å². The van der Waals surface area contributed by atoms with E-state index in [1.54, 1.807) is 36.4 Å². The zero-order chi connectivity index (χ0) is 18.7. The Morgan fingerprint density at radius 3 is 2.23 bits per heavy atom. The summed E-state index contributed by atoms with van der Waals surface area (Å²) in [6, 6.07) is 13.1. The third-order valence-electron chi connectivity index (χ3n) is 4.10. The molecule has 1 fully saturated rings. The summed E-state index contributed by atoms with van der Waals surface area (Å²) in [6.45, 7) is -0.0464. The summed E-state index contributed by atoms with van der Waals surface area (Å²) in [5.41, 5.74) is 1.11. The first-order valence-electron chi connectivity index (χ1n) is 7.98. The fraction of sp³-hybridized carbons (Fsp3) is 0.167. The monoisotopic (exact) mass is 350 g/mol. The fourth-order valence-corrected chi connectivity index (χ4v) is 2.74. The lowest BCUT2D eigenvalue weighted by Crippen LogP contribution is -2.37. The van der Waals surface area contributed by atoms with Crippen LogP contribution < -0.4 is 10.2 Å². The average molecular weight is 350 g/mol. The second-order valence-corrected chi connectivity index (χ2v) is 5.85. The topological polar surface area (TPSA) is 111 Å². The number of ether oxygens (including phenoxy) is 1. The molecule has 1 heterocycles. The molecule has 0 atom stereocenters. The van der Waals surface area contributed by atoms with Gasteiger partial charge in [0.05, 0.1) is 18.2 Å². The first kappa shape index (κ1) is 17.7. The highest BCUT2D eigenvalue weighted by Crippen LogP contribution is 2.24. The predicted octanol–water partition coefficient (Wildman–Crippen LogP) is 0.679. The van der Waals surface area contributed by atoms with Crippen molar-refractivity contribution in [2.24, 2.45) is 0 Å². The van der Waals surface area contributed by atoms with E-state index in [1.807, 2.05) is 6.07 Å². The van der Waals surface area contributed by atoms with Crippen molar-refractivity contribution in [2.75, 3.05) is 0 Å². The molecule has 2 aromatic rings. The zero-order valence-electron chi connectivity index (χ0n) is 13.8. The molecule has 2 N–H and O–H groups in total. The van der Waals surface area contributed by atoms with Crippen LogP contribution in [0.15, 0.2) is 42.5 Å². The number of amides is 2. The summed E-state index contributed by atoms with van der Waals surface area (Å²) in [5.74, 6) is 0.340. The molecule has 130 valence electrons. The number of likely N-dealkylation sites (tertiary alicyclic amines) is 1. The van der Waals surface area contributed by atoms with Crippen molar-refractivity contribution in [1.29, 1.82) is 5.26 Å². The molecule has 2 aromatic carbocycles. The molecule has 3 rings (SSSR count). The number of imide groups is 1. The van der Waals surface area contributed by atoms with Crippen LogP contribution in [0.25, 0.3) is 0 Å². The lowest BCUT2D eigenvalue weighted by molar-refractivity contribution is -0.139. The third-order valence-corrected chi connectivity index (χ3v) is 4.10. The Kier molecular flexibility index (Phi) is 5.03. The summed E-state index contributed by atoms with van der Waals surface area (Å²) in [6.07, 6.45) is 0.328. The van der Waals surface area contributed by atoms with E-state index < -0.39 is 7.12 Å². The van der Waals surface area contributed by atoms with Gasteiger partial charge in [0.15, 0.2) is 0 Å². The molecule has 0 bridgehead atoms. The molecule has 1 aliphatic rings. The van der Waals surface area contributed by atoms with E-state index in [9.17, 15) is 19.6 Å². The van der Waals surface area contributed by atoms with Gasteiger partial charge in [-0.25, -0.2) is 0 Å². The Balaban J connectivity index is 1.86. The van der Waals surface area contributed by atoms with Crippen molar-refractivity contribution in [3.63, 3.8) is 0 Å². The third kappa shape index (κ3) is 3.74. The van der Waals surface area contributed by atoms with Crippen molar-refractivity contribution < 1.29 is 24.4 Å². The van der Waals surface area contributed by atoms with Crippen LogP contribution in [0, 0.1) is 11.3 Å². The number of carbonyl (C=O) groups is 2. The summed E-state index contributed by atoms with van der Waals surface area (Å²) in [7, 11) is -1.73. The average Bonchev–Trinajstić information content (AvgIpc) is 2.94. The van der Waals surface area contributed by atoms with Crippen LogP contribution in [0.2, 0.25) is 0 Å². The lowest BCUT2D eigenvalue weighted by atomic mass is 9.77. The fourth-order valence-electron chi connectivity index (χ4n) is 2.74. The standard InChI is InChI=1S/C18H15BN2O5/c20-10-12-1-3-14(4-2-12)26-15-5-6-16(19(24)25)13(9-15)11-21-17(22)7-8-18(21)23/h1-6,9,24-25H,7-8,11H2. The molecule has 8 heteroatoms. The molecule has 0 saturated carbocycles. The van der Waals surface area contributed by atoms with Gasteiger partial charge in [0.1, 0.15) is 11.5 Å². The number of nitrogens with zero attached hydrogens (tertiary/aromatic N) is 2. The van der Waals surface area contributed by atoms with Gasteiger partial charge in [-0.2, -0.15) is 5.26 Å². The van der Waals surface area contributed by atoms with Crippen LogP contribution in [-0.4, -0.2) is 33.9 Å². The Labute approximate surface area is 150 Å². The maximum absolute atomic E-state index is 11.8. The molecule has 0 radical (unpaired) electrons. The van der Waals surface area contributed by atoms with Crippen molar-refractivity contribution in [3.8, 4) is 17.6 Å². The molecule has 0 unspecified atom stereocenters. The summed E-state index contributed by atoms with van der Waals surface area (Å²) in [4.78, 5) is 24.8. The Bertz CT molecular complexity index is 873. The van der Waals surface area contributed by atoms with Gasteiger partial charge in [-0.15, -0.1) is 0 Å². The highest BCUT2D eigenvalue weighted by atomic mass is 16.5. The minimum Gasteiger partial charge on any atom is -0.457 e. The molecule has 2 amide bonds. The van der Waals surface area contributed by atoms with Crippen molar-refractivity contribution in [2.45, 2.75) is 19.4 Å². The van der Waals surface area contributed by atoms with Gasteiger partial charge in [-0.1, -0.05) is 6.07 Å². The summed E-state index contributed by atoms with van der Waals surface area (Å²) in [5, 5.41) is 27.9. The maximum Gasteiger partial charge on any atom is 0.488 e. The van der Waals surface area contributed by atoms with E-state index in [-0.39, 0.29) is 36.7 Å². The van der Waals surface area contributed by atoms with E-state index in [2.05, 4.69) is 0 Å². The Hall–Kier alpha value is -3.15. The van der Waals surface area contributed by atoms with Crippen molar-refractivity contribution in [1.82, 2.24) is 4.90 Å². The molecular formula is C18H15BN2O5. The van der Waals surface area contributed by atoms with Crippen LogP contribution in [0.1, 0.15) is 24.0 Å². The molecule has 0 aliphatic carbocycles. The summed E-state index contributed by atoms with van der Waals surface area (Å²) < 4.78 is 5.71. The number of hydrogen-bond acceptors (Lipinski definition) is 6. The largest absolute Gasteiger partial charge is 0.488 e. The number of hydrogen-bond donors (Lipinski definition) is 2. The number of nitriles is 1. The van der Waals surface area contributed by atoms with E-state index in [4.69, 9.17) is 10.00 Å². The second kappa shape index (κ2) is 7.39. The SMILES string of the molecule is N#Cc1ccc(Oc2ccc(B(O)O)c(CN3C(=O)CCC3=O)c2)cc1. The van der Waals surface area contributed by atoms with Crippen LogP contribution in [0.4, 0.5) is 0 Å². The molecule has 7 nitrogen and oxygen atoms in total. The van der Waals surface area contributed by atoms with E-state index in [0.29, 0.717) is 22.6 Å². The van der Waals surface area contributed by atoms with Gasteiger partial charge >= 0.3 is 7.12 Å². The van der Waals surface area contributed by atoms with E-state index in [0.717, 1.165) is 4.90 Å². The molecule has 1 saturated heterocycles. The quantitative estimate of drug-likeness (QED) is 0.606. The molecule has 0 spiro atoms. The van der Waals surface area contributed by atoms with Crippen LogP contribution in [-0.2, 0) is 16.1 Å². The van der Waals surface area contributed by atoms with Crippen molar-refractivity contribution in [3.05, 3.63) is 53.6 Å². The smallest absolute Gasteiger partial charge is 0.457 e. The second-order valence-electron chi connectivity index (χ2n) is 5.85. The highest BCUT2D eigenvalue weighted by molar-refractivity contribution is 6.59. The minimum absolute atomic E-state index is 0.0464. The molecular weight excluding hydrogens is 335 g/mol. The van der Waals surface area contributed by atoms with E-state index >= 15 is 0 Å². The first-order chi connectivity index (χ1) is 12.5. The maximum atomic E-state index is 11.8. The van der Waals surface area contributed by atoms with Gasteiger partial charge in [0.25, 0.3) is 0 Å². The molecule has 0 aromatic heterocycles. The minimum atomic E-state index is -1.73. The summed E-state index contributed by atoms with van der Waals surface area (Å²) >= 11 is 0. The molecule has 26 heavy (non-hydrogen) atoms. The highest BCUT2D eigenvalue weighted by Gasteiger charge is 2.30. The lowest BCUT2D eigenvalue weighted by Gasteiger charge is -2.18. The first-order valence-corrected chi connectivity index (χ1v) is 7.98.